The van der Waals surface area contributed by atoms with Gasteiger partial charge in [-0.3, -0.25) is 5.10 Å². The SMILES string of the molecule is CCCC1=C(C)C2=C(C=CC3NN=C(N)C23)NC1c1cn[nH]c1C(F)(F)F. The summed E-state index contributed by atoms with van der Waals surface area (Å²) < 4.78 is 40.3. The smallest absolute Gasteiger partial charge is 0.385 e. The molecule has 3 unspecified atom stereocenters. The van der Waals surface area contributed by atoms with Gasteiger partial charge in [0, 0.05) is 11.3 Å². The topological polar surface area (TPSA) is 91.1 Å². The van der Waals surface area contributed by atoms with Crippen LogP contribution >= 0.6 is 0 Å². The molecule has 0 saturated carbocycles. The van der Waals surface area contributed by atoms with Gasteiger partial charge in [0.1, 0.15) is 11.5 Å². The molecule has 0 saturated heterocycles. The maximum Gasteiger partial charge on any atom is 0.433 e. The molecule has 0 spiro atoms. The zero-order chi connectivity index (χ0) is 19.3. The van der Waals surface area contributed by atoms with E-state index in [2.05, 4.69) is 26.0 Å². The van der Waals surface area contributed by atoms with E-state index in [4.69, 9.17) is 5.73 Å². The van der Waals surface area contributed by atoms with Gasteiger partial charge in [-0.05, 0) is 36.1 Å². The molecular formula is C18H21F3N6. The first-order valence-electron chi connectivity index (χ1n) is 8.90. The lowest BCUT2D eigenvalue weighted by atomic mass is 9.76. The maximum absolute atomic E-state index is 13.4. The van der Waals surface area contributed by atoms with Crippen LogP contribution in [-0.4, -0.2) is 22.1 Å². The molecule has 0 aromatic carbocycles. The van der Waals surface area contributed by atoms with E-state index in [-0.39, 0.29) is 17.5 Å². The van der Waals surface area contributed by atoms with Crippen molar-refractivity contribution in [3.63, 3.8) is 0 Å². The number of hydrazone groups is 1. The van der Waals surface area contributed by atoms with E-state index in [9.17, 15) is 13.2 Å². The van der Waals surface area contributed by atoms with Gasteiger partial charge >= 0.3 is 6.18 Å². The summed E-state index contributed by atoms with van der Waals surface area (Å²) >= 11 is 0. The summed E-state index contributed by atoms with van der Waals surface area (Å²) in [6, 6.07) is -0.618. The highest BCUT2D eigenvalue weighted by Gasteiger charge is 2.43. The van der Waals surface area contributed by atoms with Crippen LogP contribution in [0.5, 0.6) is 0 Å². The van der Waals surface area contributed by atoms with Crippen molar-refractivity contribution < 1.29 is 13.2 Å². The summed E-state index contributed by atoms with van der Waals surface area (Å²) in [5, 5.41) is 13.2. The van der Waals surface area contributed by atoms with Crippen molar-refractivity contribution in [2.75, 3.05) is 0 Å². The zero-order valence-electron chi connectivity index (χ0n) is 15.0. The minimum Gasteiger partial charge on any atom is -0.385 e. The lowest BCUT2D eigenvalue weighted by molar-refractivity contribution is -0.142. The number of halogens is 3. The van der Waals surface area contributed by atoms with Crippen LogP contribution in [0.2, 0.25) is 0 Å². The first-order chi connectivity index (χ1) is 12.8. The van der Waals surface area contributed by atoms with Crippen LogP contribution < -0.4 is 16.5 Å². The first-order valence-corrected chi connectivity index (χ1v) is 8.90. The number of fused-ring (bicyclic) bond motifs is 2. The number of nitrogens with two attached hydrogens (primary N) is 1. The second kappa shape index (κ2) is 6.17. The Morgan fingerprint density at radius 1 is 1.30 bits per heavy atom. The van der Waals surface area contributed by atoms with Crippen molar-refractivity contribution in [1.82, 2.24) is 20.9 Å². The molecule has 1 aromatic rings. The summed E-state index contributed by atoms with van der Waals surface area (Å²) in [4.78, 5) is 0. The van der Waals surface area contributed by atoms with Crippen molar-refractivity contribution in [3.8, 4) is 0 Å². The van der Waals surface area contributed by atoms with Gasteiger partial charge in [0.15, 0.2) is 0 Å². The molecule has 1 aromatic heterocycles. The van der Waals surface area contributed by atoms with Gasteiger partial charge in [0.05, 0.1) is 24.2 Å². The second-order valence-corrected chi connectivity index (χ2v) is 7.03. The molecule has 27 heavy (non-hydrogen) atoms. The lowest BCUT2D eigenvalue weighted by Crippen LogP contribution is -2.40. The minimum absolute atomic E-state index is 0.0282. The molecule has 1 aliphatic carbocycles. The molecule has 3 atom stereocenters. The van der Waals surface area contributed by atoms with Gasteiger partial charge < -0.3 is 16.5 Å². The van der Waals surface area contributed by atoms with Crippen LogP contribution in [0.3, 0.4) is 0 Å². The molecule has 0 bridgehead atoms. The number of alkyl halides is 3. The minimum atomic E-state index is -4.49. The number of aromatic nitrogens is 2. The second-order valence-electron chi connectivity index (χ2n) is 7.03. The van der Waals surface area contributed by atoms with Gasteiger partial charge in [-0.2, -0.15) is 23.4 Å². The van der Waals surface area contributed by atoms with E-state index in [0.29, 0.717) is 12.3 Å². The summed E-state index contributed by atoms with van der Waals surface area (Å²) in [6.45, 7) is 3.97. The van der Waals surface area contributed by atoms with E-state index >= 15 is 0 Å². The van der Waals surface area contributed by atoms with Gasteiger partial charge in [0.25, 0.3) is 0 Å². The van der Waals surface area contributed by atoms with Crippen molar-refractivity contribution in [2.45, 2.75) is 44.9 Å². The van der Waals surface area contributed by atoms with Crippen molar-refractivity contribution >= 4 is 5.84 Å². The molecule has 3 aliphatic rings. The number of nitrogens with one attached hydrogen (secondary N) is 3. The quantitative estimate of drug-likeness (QED) is 0.651. The normalized spacial score (nSPS) is 27.1. The predicted molar refractivity (Wildman–Crippen MR) is 95.3 cm³/mol. The standard InChI is InChI=1S/C18H21F3N6/c1-3-4-9-8(2)13-11(5-6-12-14(13)17(22)27-25-12)24-15(9)10-7-23-26-16(10)18(19,20)21/h5-7,12,14-15,24-25H,3-4H2,1-2H3,(H2,22,27)(H,23,26). The van der Waals surface area contributed by atoms with Crippen LogP contribution in [0, 0.1) is 5.92 Å². The predicted octanol–water partition coefficient (Wildman–Crippen LogP) is 2.87. The van der Waals surface area contributed by atoms with E-state index in [1.807, 2.05) is 26.0 Å². The summed E-state index contributed by atoms with van der Waals surface area (Å²) in [5.74, 6) is 0.378. The third-order valence-corrected chi connectivity index (χ3v) is 5.41. The van der Waals surface area contributed by atoms with E-state index < -0.39 is 17.9 Å². The molecule has 4 rings (SSSR count). The Labute approximate surface area is 154 Å². The van der Waals surface area contributed by atoms with Gasteiger partial charge in [-0.25, -0.2) is 0 Å². The third kappa shape index (κ3) is 2.72. The van der Waals surface area contributed by atoms with E-state index in [1.165, 1.54) is 6.20 Å². The zero-order valence-corrected chi connectivity index (χ0v) is 15.0. The summed E-state index contributed by atoms with van der Waals surface area (Å²) in [6.07, 6.45) is 2.09. The maximum atomic E-state index is 13.4. The number of allylic oxidation sites excluding steroid dienone is 2. The molecular weight excluding hydrogens is 357 g/mol. The molecule has 0 amide bonds. The molecule has 9 heteroatoms. The Hall–Kier alpha value is -2.71. The number of aromatic amines is 1. The van der Waals surface area contributed by atoms with Crippen LogP contribution in [0.4, 0.5) is 13.2 Å². The largest absolute Gasteiger partial charge is 0.433 e. The fraction of sp³-hybridized carbons (Fsp3) is 0.444. The average Bonchev–Trinajstić information content (AvgIpc) is 3.24. The Bertz CT molecular complexity index is 889. The highest BCUT2D eigenvalue weighted by molar-refractivity contribution is 5.90. The van der Waals surface area contributed by atoms with Gasteiger partial charge in [0.2, 0.25) is 0 Å². The van der Waals surface area contributed by atoms with E-state index in [0.717, 1.165) is 28.8 Å². The van der Waals surface area contributed by atoms with Crippen molar-refractivity contribution in [2.24, 2.45) is 16.8 Å². The molecule has 0 fully saturated rings. The van der Waals surface area contributed by atoms with Crippen LogP contribution in [-0.2, 0) is 6.18 Å². The number of hydrogen-bond acceptors (Lipinski definition) is 5. The summed E-state index contributed by atoms with van der Waals surface area (Å²) in [7, 11) is 0. The Kier molecular flexibility index (Phi) is 4.05. The van der Waals surface area contributed by atoms with Crippen LogP contribution in [0.25, 0.3) is 0 Å². The fourth-order valence-corrected chi connectivity index (χ4v) is 4.22. The Balaban J connectivity index is 1.82. The lowest BCUT2D eigenvalue weighted by Gasteiger charge is -2.37. The monoisotopic (exact) mass is 378 g/mol. The molecule has 144 valence electrons. The molecule has 2 aliphatic heterocycles. The third-order valence-electron chi connectivity index (χ3n) is 5.41. The fourth-order valence-electron chi connectivity index (χ4n) is 4.22. The van der Waals surface area contributed by atoms with Crippen LogP contribution in [0.15, 0.2) is 45.9 Å². The number of nitrogens with zero attached hydrogens (tertiary/aromatic N) is 2. The van der Waals surface area contributed by atoms with E-state index in [1.54, 1.807) is 0 Å². The van der Waals surface area contributed by atoms with Crippen molar-refractivity contribution in [1.29, 1.82) is 0 Å². The number of dihydropyridines is 1. The van der Waals surface area contributed by atoms with Gasteiger partial charge in [-0.15, -0.1) is 0 Å². The Morgan fingerprint density at radius 3 is 2.78 bits per heavy atom. The first kappa shape index (κ1) is 17.7. The molecule has 6 nitrogen and oxygen atoms in total. The summed E-state index contributed by atoms with van der Waals surface area (Å²) in [5.41, 5.74) is 12.1. The number of hydrogen-bond donors (Lipinski definition) is 4. The van der Waals surface area contributed by atoms with Crippen molar-refractivity contribution in [3.05, 3.63) is 52.0 Å². The molecule has 5 N–H and O–H groups in total. The molecule has 0 radical (unpaired) electrons. The average molecular weight is 378 g/mol. The number of H-pyrrole nitrogens is 1. The number of amidine groups is 1. The molecule has 3 heterocycles. The highest BCUT2D eigenvalue weighted by Crippen LogP contribution is 2.44. The highest BCUT2D eigenvalue weighted by atomic mass is 19.4. The number of rotatable bonds is 3. The Morgan fingerprint density at radius 2 is 2.07 bits per heavy atom. The van der Waals surface area contributed by atoms with Crippen LogP contribution in [0.1, 0.15) is 44.0 Å². The van der Waals surface area contributed by atoms with Gasteiger partial charge in [-0.1, -0.05) is 19.4 Å².